The lowest BCUT2D eigenvalue weighted by Gasteiger charge is -2.12. The molecule has 0 saturated heterocycles. The Bertz CT molecular complexity index is 1210. The van der Waals surface area contributed by atoms with Crippen LogP contribution in [0.25, 0.3) is 11.3 Å². The van der Waals surface area contributed by atoms with E-state index >= 15 is 0 Å². The SMILES string of the molecule is CCOC(=O)c1cnc(NCCNc2cc(C)c([N+](=O)[O-])cn2)nc1-c1ccc(C#N)cc1. The largest absolute Gasteiger partial charge is 0.462 e. The zero-order valence-corrected chi connectivity index (χ0v) is 18.0. The fourth-order valence-electron chi connectivity index (χ4n) is 2.95. The second-order valence-electron chi connectivity index (χ2n) is 6.83. The Balaban J connectivity index is 1.71. The van der Waals surface area contributed by atoms with Gasteiger partial charge >= 0.3 is 5.97 Å². The molecule has 0 saturated carbocycles. The van der Waals surface area contributed by atoms with E-state index in [9.17, 15) is 14.9 Å². The Morgan fingerprint density at radius 3 is 2.55 bits per heavy atom. The molecule has 0 spiro atoms. The molecule has 2 heterocycles. The predicted octanol–water partition coefficient (Wildman–Crippen LogP) is 3.33. The summed E-state index contributed by atoms with van der Waals surface area (Å²) in [5.41, 5.74) is 2.21. The minimum atomic E-state index is -0.537. The van der Waals surface area contributed by atoms with E-state index in [0.717, 1.165) is 0 Å². The number of anilines is 2. The number of hydrogen-bond donors (Lipinski definition) is 2. The summed E-state index contributed by atoms with van der Waals surface area (Å²) in [5.74, 6) is 0.276. The number of esters is 1. The zero-order chi connectivity index (χ0) is 23.8. The van der Waals surface area contributed by atoms with E-state index in [0.29, 0.717) is 47.2 Å². The van der Waals surface area contributed by atoms with Crippen LogP contribution in [0.5, 0.6) is 0 Å². The van der Waals surface area contributed by atoms with E-state index in [1.807, 2.05) is 0 Å². The molecule has 11 heteroatoms. The Kier molecular flexibility index (Phi) is 7.43. The molecule has 0 atom stereocenters. The van der Waals surface area contributed by atoms with E-state index < -0.39 is 10.9 Å². The molecule has 1 aromatic carbocycles. The first-order valence-corrected chi connectivity index (χ1v) is 10.1. The van der Waals surface area contributed by atoms with Gasteiger partial charge < -0.3 is 15.4 Å². The van der Waals surface area contributed by atoms with Gasteiger partial charge in [-0.25, -0.2) is 19.7 Å². The molecule has 3 rings (SSSR count). The Morgan fingerprint density at radius 1 is 1.18 bits per heavy atom. The third-order valence-corrected chi connectivity index (χ3v) is 4.57. The van der Waals surface area contributed by atoms with Gasteiger partial charge in [0.2, 0.25) is 5.95 Å². The molecule has 33 heavy (non-hydrogen) atoms. The van der Waals surface area contributed by atoms with Crippen molar-refractivity contribution in [1.29, 1.82) is 5.26 Å². The number of aromatic nitrogens is 3. The number of nitrogens with zero attached hydrogens (tertiary/aromatic N) is 5. The molecule has 168 valence electrons. The first-order chi connectivity index (χ1) is 15.9. The van der Waals surface area contributed by atoms with E-state index in [4.69, 9.17) is 10.00 Å². The minimum Gasteiger partial charge on any atom is -0.462 e. The van der Waals surface area contributed by atoms with Crippen molar-refractivity contribution in [2.75, 3.05) is 30.3 Å². The molecular formula is C22H21N7O4. The number of hydrogen-bond acceptors (Lipinski definition) is 10. The molecule has 2 aromatic heterocycles. The van der Waals surface area contributed by atoms with Crippen LogP contribution in [-0.4, -0.2) is 45.5 Å². The van der Waals surface area contributed by atoms with Crippen molar-refractivity contribution in [3.63, 3.8) is 0 Å². The highest BCUT2D eigenvalue weighted by molar-refractivity contribution is 5.96. The molecule has 0 unspecified atom stereocenters. The molecule has 0 aliphatic heterocycles. The third kappa shape index (κ3) is 5.76. The number of nitro groups is 1. The van der Waals surface area contributed by atoms with Crippen molar-refractivity contribution in [3.8, 4) is 17.3 Å². The van der Waals surface area contributed by atoms with Gasteiger partial charge in [0.25, 0.3) is 5.69 Å². The zero-order valence-electron chi connectivity index (χ0n) is 18.0. The molecule has 0 amide bonds. The number of nitriles is 1. The summed E-state index contributed by atoms with van der Waals surface area (Å²) in [6, 6.07) is 10.4. The van der Waals surface area contributed by atoms with Crippen LogP contribution in [0.3, 0.4) is 0 Å². The summed E-state index contributed by atoms with van der Waals surface area (Å²) in [6.07, 6.45) is 2.61. The number of carbonyl (C=O) groups excluding carboxylic acids is 1. The van der Waals surface area contributed by atoms with Gasteiger partial charge in [0.1, 0.15) is 17.6 Å². The number of aryl methyl sites for hydroxylation is 1. The molecule has 3 aromatic rings. The van der Waals surface area contributed by atoms with Crippen LogP contribution < -0.4 is 10.6 Å². The van der Waals surface area contributed by atoms with Crippen molar-refractivity contribution in [2.24, 2.45) is 0 Å². The molecule has 0 aliphatic rings. The highest BCUT2D eigenvalue weighted by atomic mass is 16.6. The first kappa shape index (κ1) is 23.1. The van der Waals surface area contributed by atoms with Gasteiger partial charge in [-0.3, -0.25) is 10.1 Å². The summed E-state index contributed by atoms with van der Waals surface area (Å²) < 4.78 is 5.10. The summed E-state index contributed by atoms with van der Waals surface area (Å²) in [7, 11) is 0. The summed E-state index contributed by atoms with van der Waals surface area (Å²) in [5, 5.41) is 26.0. The fourth-order valence-corrected chi connectivity index (χ4v) is 2.95. The fraction of sp³-hybridized carbons (Fsp3) is 0.227. The number of rotatable bonds is 9. The quantitative estimate of drug-likeness (QED) is 0.216. The molecule has 0 radical (unpaired) electrons. The molecule has 0 fully saturated rings. The van der Waals surface area contributed by atoms with Gasteiger partial charge in [-0.05, 0) is 32.0 Å². The lowest BCUT2D eigenvalue weighted by molar-refractivity contribution is -0.385. The number of nitrogens with one attached hydrogen (secondary N) is 2. The van der Waals surface area contributed by atoms with Crippen molar-refractivity contribution in [2.45, 2.75) is 13.8 Å². The van der Waals surface area contributed by atoms with Gasteiger partial charge in [0, 0.05) is 30.4 Å². The van der Waals surface area contributed by atoms with Crippen LogP contribution in [-0.2, 0) is 4.74 Å². The van der Waals surface area contributed by atoms with Gasteiger partial charge in [0.05, 0.1) is 28.9 Å². The van der Waals surface area contributed by atoms with E-state index in [-0.39, 0.29) is 17.9 Å². The number of benzene rings is 1. The second-order valence-corrected chi connectivity index (χ2v) is 6.83. The summed E-state index contributed by atoms with van der Waals surface area (Å²) >= 11 is 0. The van der Waals surface area contributed by atoms with Crippen molar-refractivity contribution < 1.29 is 14.5 Å². The van der Waals surface area contributed by atoms with Crippen LogP contribution in [0.4, 0.5) is 17.5 Å². The third-order valence-electron chi connectivity index (χ3n) is 4.57. The Hall–Kier alpha value is -4.59. The van der Waals surface area contributed by atoms with E-state index in [1.165, 1.54) is 12.4 Å². The molecule has 2 N–H and O–H groups in total. The Labute approximate surface area is 189 Å². The minimum absolute atomic E-state index is 0.0379. The Morgan fingerprint density at radius 2 is 1.91 bits per heavy atom. The van der Waals surface area contributed by atoms with Gasteiger partial charge in [0.15, 0.2) is 0 Å². The topological polar surface area (TPSA) is 156 Å². The smallest absolute Gasteiger partial charge is 0.341 e. The lowest BCUT2D eigenvalue weighted by Crippen LogP contribution is -2.17. The van der Waals surface area contributed by atoms with Crippen molar-refractivity contribution in [1.82, 2.24) is 15.0 Å². The number of ether oxygens (including phenoxy) is 1. The maximum Gasteiger partial charge on any atom is 0.341 e. The number of pyridine rings is 1. The monoisotopic (exact) mass is 447 g/mol. The first-order valence-electron chi connectivity index (χ1n) is 10.1. The van der Waals surface area contributed by atoms with Crippen LogP contribution >= 0.6 is 0 Å². The highest BCUT2D eigenvalue weighted by Crippen LogP contribution is 2.24. The molecule has 0 bridgehead atoms. The summed E-state index contributed by atoms with van der Waals surface area (Å²) in [6.45, 7) is 4.44. The second kappa shape index (κ2) is 10.6. The maximum atomic E-state index is 12.3. The predicted molar refractivity (Wildman–Crippen MR) is 121 cm³/mol. The van der Waals surface area contributed by atoms with Gasteiger partial charge in [-0.15, -0.1) is 0 Å². The van der Waals surface area contributed by atoms with Gasteiger partial charge in [-0.2, -0.15) is 5.26 Å². The summed E-state index contributed by atoms with van der Waals surface area (Å²) in [4.78, 5) is 35.5. The van der Waals surface area contributed by atoms with E-state index in [2.05, 4.69) is 31.7 Å². The lowest BCUT2D eigenvalue weighted by atomic mass is 10.1. The van der Waals surface area contributed by atoms with Gasteiger partial charge in [-0.1, -0.05) is 12.1 Å². The molecule has 11 nitrogen and oxygen atoms in total. The molecule has 0 aliphatic carbocycles. The van der Waals surface area contributed by atoms with Crippen LogP contribution in [0.2, 0.25) is 0 Å². The average Bonchev–Trinajstić information content (AvgIpc) is 2.81. The van der Waals surface area contributed by atoms with E-state index in [1.54, 1.807) is 44.2 Å². The highest BCUT2D eigenvalue weighted by Gasteiger charge is 2.17. The van der Waals surface area contributed by atoms with Crippen molar-refractivity contribution >= 4 is 23.4 Å². The van der Waals surface area contributed by atoms with Crippen molar-refractivity contribution in [3.05, 3.63) is 69.5 Å². The maximum absolute atomic E-state index is 12.3. The number of carbonyl (C=O) groups is 1. The average molecular weight is 447 g/mol. The normalized spacial score (nSPS) is 10.2. The van der Waals surface area contributed by atoms with Crippen LogP contribution in [0.1, 0.15) is 28.4 Å². The van der Waals surface area contributed by atoms with Crippen LogP contribution in [0.15, 0.2) is 42.7 Å². The van der Waals surface area contributed by atoms with Crippen LogP contribution in [0, 0.1) is 28.4 Å². The molecular weight excluding hydrogens is 426 g/mol. The standard InChI is InChI=1S/C22H21N7O4/c1-3-33-21(30)17-12-27-22(28-20(17)16-6-4-15(11-23)5-7-16)25-9-8-24-19-10-14(2)18(13-26-19)29(31)32/h4-7,10,12-13H,3,8-9H2,1-2H3,(H,24,26)(H,25,27,28).